The van der Waals surface area contributed by atoms with Crippen molar-refractivity contribution in [3.63, 3.8) is 0 Å². The van der Waals surface area contributed by atoms with E-state index in [1.807, 2.05) is 46.1 Å². The van der Waals surface area contributed by atoms with Crippen LogP contribution in [0.15, 0.2) is 71.2 Å². The van der Waals surface area contributed by atoms with Crippen molar-refractivity contribution in [2.75, 3.05) is 32.6 Å². The Kier molecular flexibility index (Phi) is 16.1. The van der Waals surface area contributed by atoms with Gasteiger partial charge < -0.3 is 40.7 Å². The summed E-state index contributed by atoms with van der Waals surface area (Å²) in [5.74, 6) is -1.47. The predicted octanol–water partition coefficient (Wildman–Crippen LogP) is 6.20. The number of rotatable bonds is 14. The number of nitrogens with one attached hydrogen (secondary N) is 4. The number of sulfonamides is 1. The minimum atomic E-state index is -4.00. The standard InChI is InChI=1S/C47H63N9O9S2/c1-9-47(43(59)60)21-15-12-10-11-13-17-33(51-44(61)53-39(46(4,5)6)27-55(7)67(62,63)40-18-14-16-22-48-40)42(58)56-26-31(24-37(56)41(57)54-47)65-38-25-35(36-28-66-45(52-36)49-29(2)3)50-34-23-30(64-8)19-20-32(34)38/h14-16,18-23,25,28-29,31,33,37,39H,9-13,17,24,26-27H2,1-8H3,(H,49,52)(H,54,57)(H,59,60)(H2,51,53,61)/b21-15-/t31-,33+,37+,39?,47-/m1/s1. The number of likely N-dealkylation sites (N-methyl/N-ethyl adjacent to an activating group) is 1. The van der Waals surface area contributed by atoms with Crippen LogP contribution >= 0.6 is 11.3 Å². The van der Waals surface area contributed by atoms with Crippen molar-refractivity contribution in [1.29, 1.82) is 0 Å². The maximum Gasteiger partial charge on any atom is 0.333 e. The number of carbonyl (C=O) groups excluding carboxylic acids is 3. The highest BCUT2D eigenvalue weighted by Crippen LogP contribution is 2.36. The fourth-order valence-corrected chi connectivity index (χ4v) is 10.0. The van der Waals surface area contributed by atoms with Gasteiger partial charge in [0.05, 0.1) is 24.9 Å². The topological polar surface area (TPSA) is 234 Å². The van der Waals surface area contributed by atoms with Crippen LogP contribution in [-0.2, 0) is 24.4 Å². The lowest BCUT2D eigenvalue weighted by Gasteiger charge is -2.35. The molecular formula is C47H63N9O9S2. The monoisotopic (exact) mass is 961 g/mol. The van der Waals surface area contributed by atoms with Crippen LogP contribution in [-0.4, -0.2) is 125 Å². The zero-order valence-electron chi connectivity index (χ0n) is 39.4. The number of aromatic nitrogens is 3. The molecule has 1 aromatic carbocycles. The highest BCUT2D eigenvalue weighted by Gasteiger charge is 2.46. The number of fused-ring (bicyclic) bond motifs is 2. The van der Waals surface area contributed by atoms with Gasteiger partial charge in [-0.05, 0) is 69.2 Å². The Hall–Kier alpha value is -5.86. The third kappa shape index (κ3) is 12.2. The molecule has 4 amide bonds. The molecule has 2 aliphatic heterocycles. The van der Waals surface area contributed by atoms with Crippen LogP contribution in [0.5, 0.6) is 11.5 Å². The number of anilines is 1. The Labute approximate surface area is 396 Å². The third-order valence-corrected chi connectivity index (χ3v) is 14.6. The maximum atomic E-state index is 15.0. The minimum absolute atomic E-state index is 0.00272. The summed E-state index contributed by atoms with van der Waals surface area (Å²) in [6.07, 6.45) is 6.59. The maximum absolute atomic E-state index is 15.0. The van der Waals surface area contributed by atoms with Gasteiger partial charge in [0.15, 0.2) is 15.7 Å². The number of urea groups is 1. The lowest BCUT2D eigenvalue weighted by atomic mass is 9.86. The van der Waals surface area contributed by atoms with Crippen LogP contribution < -0.4 is 30.7 Å². The number of carboxylic acid groups (broad SMARTS) is 1. The number of hydrogen-bond donors (Lipinski definition) is 5. The van der Waals surface area contributed by atoms with E-state index in [0.717, 1.165) is 9.44 Å². The quantitative estimate of drug-likeness (QED) is 0.0887. The number of benzene rings is 1. The van der Waals surface area contributed by atoms with Crippen LogP contribution in [0.3, 0.4) is 0 Å². The Morgan fingerprint density at radius 3 is 2.54 bits per heavy atom. The minimum Gasteiger partial charge on any atom is -0.497 e. The van der Waals surface area contributed by atoms with Gasteiger partial charge in [-0.3, -0.25) is 9.59 Å². The van der Waals surface area contributed by atoms with Crippen molar-refractivity contribution < 1.29 is 42.2 Å². The van der Waals surface area contributed by atoms with Crippen LogP contribution in [0.25, 0.3) is 22.3 Å². The number of aliphatic carboxylic acids is 1. The first-order chi connectivity index (χ1) is 31.7. The summed E-state index contributed by atoms with van der Waals surface area (Å²) >= 11 is 1.44. The fourth-order valence-electron chi connectivity index (χ4n) is 8.06. The number of carbonyl (C=O) groups is 4. The summed E-state index contributed by atoms with van der Waals surface area (Å²) in [5.41, 5.74) is -0.674. The molecule has 362 valence electrons. The lowest BCUT2D eigenvalue weighted by molar-refractivity contribution is -0.147. The summed E-state index contributed by atoms with van der Waals surface area (Å²) in [6, 6.07) is 8.19. The highest BCUT2D eigenvalue weighted by atomic mass is 32.2. The van der Waals surface area contributed by atoms with E-state index in [1.54, 1.807) is 50.4 Å². The highest BCUT2D eigenvalue weighted by molar-refractivity contribution is 7.89. The van der Waals surface area contributed by atoms with E-state index in [2.05, 4.69) is 26.3 Å². The van der Waals surface area contributed by atoms with E-state index in [4.69, 9.17) is 19.4 Å². The van der Waals surface area contributed by atoms with Gasteiger partial charge in [0.2, 0.25) is 11.8 Å². The second kappa shape index (κ2) is 21.4. The number of ether oxygens (including phenoxy) is 2. The van der Waals surface area contributed by atoms with Crippen molar-refractivity contribution in [2.45, 2.75) is 127 Å². The molecule has 1 fully saturated rings. The number of hydrogen-bond acceptors (Lipinski definition) is 13. The molecule has 18 nitrogen and oxygen atoms in total. The molecule has 5 N–H and O–H groups in total. The molecule has 67 heavy (non-hydrogen) atoms. The third-order valence-electron chi connectivity index (χ3n) is 12.1. The average Bonchev–Trinajstić information content (AvgIpc) is 3.94. The van der Waals surface area contributed by atoms with Crippen molar-refractivity contribution in [3.05, 3.63) is 66.2 Å². The summed E-state index contributed by atoms with van der Waals surface area (Å²) in [6.45, 7) is 11.1. The van der Waals surface area contributed by atoms with Gasteiger partial charge in [0, 0.05) is 61.2 Å². The molecule has 0 spiro atoms. The molecule has 0 radical (unpaired) electrons. The normalized spacial score (nSPS) is 21.8. The molecule has 5 heterocycles. The van der Waals surface area contributed by atoms with Crippen molar-refractivity contribution in [3.8, 4) is 22.9 Å². The molecule has 1 unspecified atom stereocenters. The molecule has 20 heteroatoms. The van der Waals surface area contributed by atoms with Gasteiger partial charge in [-0.2, -0.15) is 4.31 Å². The van der Waals surface area contributed by atoms with E-state index in [1.165, 1.54) is 41.6 Å². The Morgan fingerprint density at radius 2 is 1.87 bits per heavy atom. The Balaban J connectivity index is 1.32. The van der Waals surface area contributed by atoms with Crippen LogP contribution in [0, 0.1) is 5.41 Å². The van der Waals surface area contributed by atoms with Crippen LogP contribution in [0.1, 0.15) is 86.5 Å². The van der Waals surface area contributed by atoms with Gasteiger partial charge in [0.25, 0.3) is 10.0 Å². The molecule has 1 saturated heterocycles. The molecule has 0 saturated carbocycles. The van der Waals surface area contributed by atoms with E-state index in [-0.39, 0.29) is 43.4 Å². The van der Waals surface area contributed by atoms with Gasteiger partial charge in [-0.25, -0.2) is 33.0 Å². The zero-order valence-corrected chi connectivity index (χ0v) is 41.0. The number of pyridine rings is 2. The first-order valence-electron chi connectivity index (χ1n) is 22.6. The Bertz CT molecular complexity index is 2550. The molecule has 5 atom stereocenters. The summed E-state index contributed by atoms with van der Waals surface area (Å²) < 4.78 is 40.3. The molecule has 6 rings (SSSR count). The van der Waals surface area contributed by atoms with E-state index in [9.17, 15) is 32.7 Å². The first-order valence-corrected chi connectivity index (χ1v) is 24.9. The zero-order chi connectivity index (χ0) is 48.7. The van der Waals surface area contributed by atoms with Gasteiger partial charge in [-0.15, -0.1) is 11.3 Å². The Morgan fingerprint density at radius 1 is 1.09 bits per heavy atom. The molecule has 4 aromatic rings. The van der Waals surface area contributed by atoms with E-state index < -0.39 is 69.0 Å². The van der Waals surface area contributed by atoms with Crippen LogP contribution in [0.2, 0.25) is 0 Å². The average molecular weight is 962 g/mol. The number of allylic oxidation sites excluding steroid dienone is 1. The largest absolute Gasteiger partial charge is 0.497 e. The van der Waals surface area contributed by atoms with Gasteiger partial charge in [-0.1, -0.05) is 58.8 Å². The van der Waals surface area contributed by atoms with Gasteiger partial charge >= 0.3 is 12.0 Å². The van der Waals surface area contributed by atoms with Crippen LogP contribution in [0.4, 0.5) is 9.93 Å². The number of methoxy groups -OCH3 is 1. The van der Waals surface area contributed by atoms with Crippen molar-refractivity contribution >= 4 is 61.2 Å². The number of nitrogens with zero attached hydrogens (tertiary/aromatic N) is 5. The SMILES string of the molecule is CC[C@]1(C(=O)O)/C=C\CCCCC[C@H](NC(=O)NC(CN(C)S(=O)(=O)c2ccccn2)C(C)(C)C)C(=O)N2C[C@H](Oc3cc(-c4csc(NC(C)C)n4)nc4cc(OC)ccc34)C[C@H]2C(=O)N1. The van der Waals surface area contributed by atoms with Gasteiger partial charge in [0.1, 0.15) is 35.4 Å². The summed E-state index contributed by atoms with van der Waals surface area (Å²) in [7, 11) is -1.03. The molecule has 2 aliphatic rings. The number of carboxylic acids is 1. The molecular weight excluding hydrogens is 899 g/mol. The smallest absolute Gasteiger partial charge is 0.333 e. The lowest BCUT2D eigenvalue weighted by Crippen LogP contribution is -2.60. The summed E-state index contributed by atoms with van der Waals surface area (Å²) in [4.78, 5) is 71.4. The first kappa shape index (κ1) is 50.6. The second-order valence-corrected chi connectivity index (χ2v) is 21.3. The molecule has 0 aliphatic carbocycles. The number of thiazole rings is 1. The summed E-state index contributed by atoms with van der Waals surface area (Å²) in [5, 5.41) is 25.5. The predicted molar refractivity (Wildman–Crippen MR) is 256 cm³/mol. The number of amides is 4. The van der Waals surface area contributed by atoms with E-state index >= 15 is 0 Å². The van der Waals surface area contributed by atoms with Crippen molar-refractivity contribution in [2.24, 2.45) is 5.41 Å². The molecule has 3 aromatic heterocycles. The van der Waals surface area contributed by atoms with E-state index in [0.29, 0.717) is 59.5 Å². The van der Waals surface area contributed by atoms with Crippen molar-refractivity contribution in [1.82, 2.24) is 40.1 Å². The molecule has 0 bridgehead atoms. The second-order valence-electron chi connectivity index (χ2n) is 18.4. The fraction of sp³-hybridized carbons (Fsp3) is 0.511.